The summed E-state index contributed by atoms with van der Waals surface area (Å²) in [5.74, 6) is 2.21. The van der Waals surface area contributed by atoms with E-state index < -0.39 is 0 Å². The summed E-state index contributed by atoms with van der Waals surface area (Å²) in [4.78, 5) is 0. The van der Waals surface area contributed by atoms with Crippen LogP contribution >= 0.6 is 0 Å². The summed E-state index contributed by atoms with van der Waals surface area (Å²) in [6.07, 6.45) is 2.09. The first kappa shape index (κ1) is 17.0. The molecule has 2 atom stereocenters. The molecule has 2 heteroatoms. The average molecular weight is 277 g/mol. The van der Waals surface area contributed by atoms with Gasteiger partial charge in [-0.05, 0) is 56.6 Å². The molecule has 0 fully saturated rings. The molecule has 0 amide bonds. The lowest BCUT2D eigenvalue weighted by molar-refractivity contribution is 0.265. The Morgan fingerprint density at radius 2 is 1.75 bits per heavy atom. The second kappa shape index (κ2) is 7.68. The highest BCUT2D eigenvalue weighted by atomic mass is 16.5. The fourth-order valence-electron chi connectivity index (χ4n) is 2.74. The Balaban J connectivity index is 2.91. The maximum absolute atomic E-state index is 6.06. The molecule has 0 aliphatic carbocycles. The molecular weight excluding hydrogens is 246 g/mol. The SMILES string of the molecule is Cc1cc(C)c(OCC(C)C)c(CC(C)CC(C)N)c1. The standard InChI is InChI=1S/C18H31NO/c1-12(2)11-20-18-15(5)7-13(3)9-17(18)10-14(4)8-16(6)19/h7,9,12,14,16H,8,10-11,19H2,1-6H3. The van der Waals surface area contributed by atoms with Crippen molar-refractivity contribution in [2.75, 3.05) is 6.61 Å². The zero-order chi connectivity index (χ0) is 15.3. The van der Waals surface area contributed by atoms with E-state index in [-0.39, 0.29) is 6.04 Å². The topological polar surface area (TPSA) is 35.2 Å². The number of ether oxygens (including phenoxy) is 1. The molecule has 0 aliphatic rings. The Morgan fingerprint density at radius 3 is 2.30 bits per heavy atom. The van der Waals surface area contributed by atoms with Gasteiger partial charge in [-0.15, -0.1) is 0 Å². The van der Waals surface area contributed by atoms with Crippen molar-refractivity contribution in [3.63, 3.8) is 0 Å². The lowest BCUT2D eigenvalue weighted by Gasteiger charge is -2.20. The minimum Gasteiger partial charge on any atom is -0.493 e. The average Bonchev–Trinajstić information content (AvgIpc) is 2.25. The van der Waals surface area contributed by atoms with Gasteiger partial charge in [-0.2, -0.15) is 0 Å². The van der Waals surface area contributed by atoms with Gasteiger partial charge in [0.05, 0.1) is 6.61 Å². The van der Waals surface area contributed by atoms with E-state index in [0.717, 1.165) is 25.2 Å². The maximum Gasteiger partial charge on any atom is 0.125 e. The second-order valence-electron chi connectivity index (χ2n) is 6.80. The van der Waals surface area contributed by atoms with Crippen molar-refractivity contribution in [2.24, 2.45) is 17.6 Å². The first-order valence-electron chi connectivity index (χ1n) is 7.78. The van der Waals surface area contributed by atoms with E-state index in [1.54, 1.807) is 0 Å². The third-order valence-corrected chi connectivity index (χ3v) is 3.40. The van der Waals surface area contributed by atoms with Crippen LogP contribution in [0.2, 0.25) is 0 Å². The highest BCUT2D eigenvalue weighted by Crippen LogP contribution is 2.29. The van der Waals surface area contributed by atoms with E-state index in [9.17, 15) is 0 Å². The fraction of sp³-hybridized carbons (Fsp3) is 0.667. The van der Waals surface area contributed by atoms with Gasteiger partial charge in [0.25, 0.3) is 0 Å². The van der Waals surface area contributed by atoms with Crippen molar-refractivity contribution in [2.45, 2.75) is 60.4 Å². The molecule has 1 aromatic carbocycles. The summed E-state index contributed by atoms with van der Waals surface area (Å²) >= 11 is 0. The molecule has 0 aromatic heterocycles. The van der Waals surface area contributed by atoms with Gasteiger partial charge in [-0.3, -0.25) is 0 Å². The van der Waals surface area contributed by atoms with Crippen LogP contribution in [0.25, 0.3) is 0 Å². The van der Waals surface area contributed by atoms with Gasteiger partial charge in [0.1, 0.15) is 5.75 Å². The molecule has 2 nitrogen and oxygen atoms in total. The summed E-state index contributed by atoms with van der Waals surface area (Å²) in [6, 6.07) is 4.73. The minimum absolute atomic E-state index is 0.260. The zero-order valence-corrected chi connectivity index (χ0v) is 14.0. The van der Waals surface area contributed by atoms with Gasteiger partial charge in [-0.25, -0.2) is 0 Å². The molecule has 2 N–H and O–H groups in total. The van der Waals surface area contributed by atoms with Crippen LogP contribution in [-0.2, 0) is 6.42 Å². The van der Waals surface area contributed by atoms with Crippen molar-refractivity contribution in [3.05, 3.63) is 28.8 Å². The Labute approximate surface area is 124 Å². The van der Waals surface area contributed by atoms with Gasteiger partial charge in [-0.1, -0.05) is 38.5 Å². The van der Waals surface area contributed by atoms with Crippen LogP contribution < -0.4 is 10.5 Å². The molecular formula is C18H31NO. The number of benzene rings is 1. The summed E-state index contributed by atoms with van der Waals surface area (Å²) < 4.78 is 6.06. The quantitative estimate of drug-likeness (QED) is 0.808. The lowest BCUT2D eigenvalue weighted by Crippen LogP contribution is -2.19. The lowest BCUT2D eigenvalue weighted by atomic mass is 9.92. The largest absolute Gasteiger partial charge is 0.493 e. The predicted octanol–water partition coefficient (Wildman–Crippen LogP) is 4.25. The summed E-state index contributed by atoms with van der Waals surface area (Å²) in [5.41, 5.74) is 9.79. The van der Waals surface area contributed by atoms with E-state index in [0.29, 0.717) is 11.8 Å². The Kier molecular flexibility index (Phi) is 6.54. The van der Waals surface area contributed by atoms with Gasteiger partial charge < -0.3 is 10.5 Å². The molecule has 0 spiro atoms. The van der Waals surface area contributed by atoms with Gasteiger partial charge in [0.2, 0.25) is 0 Å². The van der Waals surface area contributed by atoms with Crippen LogP contribution in [-0.4, -0.2) is 12.6 Å². The molecule has 0 saturated heterocycles. The molecule has 2 unspecified atom stereocenters. The van der Waals surface area contributed by atoms with Crippen molar-refractivity contribution >= 4 is 0 Å². The molecule has 0 radical (unpaired) electrons. The van der Waals surface area contributed by atoms with E-state index in [2.05, 4.69) is 53.7 Å². The Morgan fingerprint density at radius 1 is 1.10 bits per heavy atom. The highest BCUT2D eigenvalue weighted by molar-refractivity contribution is 5.44. The number of hydrogen-bond donors (Lipinski definition) is 1. The molecule has 0 heterocycles. The summed E-state index contributed by atoms with van der Waals surface area (Å²) in [5, 5.41) is 0. The van der Waals surface area contributed by atoms with Gasteiger partial charge in [0.15, 0.2) is 0 Å². The van der Waals surface area contributed by atoms with E-state index >= 15 is 0 Å². The predicted molar refractivity (Wildman–Crippen MR) is 87.4 cm³/mol. The van der Waals surface area contributed by atoms with Crippen LogP contribution in [0.15, 0.2) is 12.1 Å². The normalized spacial score (nSPS) is 14.4. The van der Waals surface area contributed by atoms with E-state index in [1.165, 1.54) is 16.7 Å². The summed E-state index contributed by atoms with van der Waals surface area (Å²) in [6.45, 7) is 13.8. The monoisotopic (exact) mass is 277 g/mol. The maximum atomic E-state index is 6.06. The Bertz CT molecular complexity index is 424. The smallest absolute Gasteiger partial charge is 0.125 e. The number of nitrogens with two attached hydrogens (primary N) is 1. The van der Waals surface area contributed by atoms with E-state index in [1.807, 2.05) is 0 Å². The molecule has 1 rings (SSSR count). The molecule has 1 aromatic rings. The molecule has 20 heavy (non-hydrogen) atoms. The summed E-state index contributed by atoms with van der Waals surface area (Å²) in [7, 11) is 0. The van der Waals surface area contributed by atoms with Gasteiger partial charge in [0, 0.05) is 6.04 Å². The highest BCUT2D eigenvalue weighted by Gasteiger charge is 2.13. The molecule has 0 bridgehead atoms. The second-order valence-corrected chi connectivity index (χ2v) is 6.80. The first-order valence-corrected chi connectivity index (χ1v) is 7.78. The molecule has 114 valence electrons. The molecule has 0 aliphatic heterocycles. The van der Waals surface area contributed by atoms with Crippen molar-refractivity contribution < 1.29 is 4.74 Å². The van der Waals surface area contributed by atoms with Crippen LogP contribution in [0.4, 0.5) is 0 Å². The third-order valence-electron chi connectivity index (χ3n) is 3.40. The van der Waals surface area contributed by atoms with Crippen molar-refractivity contribution in [1.82, 2.24) is 0 Å². The first-order chi connectivity index (χ1) is 9.29. The fourth-order valence-corrected chi connectivity index (χ4v) is 2.74. The molecule has 0 saturated carbocycles. The van der Waals surface area contributed by atoms with Crippen molar-refractivity contribution in [1.29, 1.82) is 0 Å². The van der Waals surface area contributed by atoms with Crippen LogP contribution in [0, 0.1) is 25.7 Å². The van der Waals surface area contributed by atoms with E-state index in [4.69, 9.17) is 10.5 Å². The number of rotatable bonds is 7. The number of hydrogen-bond acceptors (Lipinski definition) is 2. The van der Waals surface area contributed by atoms with Crippen LogP contribution in [0.1, 0.15) is 50.8 Å². The Hall–Kier alpha value is -1.02. The van der Waals surface area contributed by atoms with Crippen LogP contribution in [0.3, 0.4) is 0 Å². The van der Waals surface area contributed by atoms with Gasteiger partial charge >= 0.3 is 0 Å². The number of aryl methyl sites for hydroxylation is 2. The zero-order valence-electron chi connectivity index (χ0n) is 14.0. The van der Waals surface area contributed by atoms with Crippen molar-refractivity contribution in [3.8, 4) is 5.75 Å². The third kappa shape index (κ3) is 5.54. The minimum atomic E-state index is 0.260. The van der Waals surface area contributed by atoms with Crippen LogP contribution in [0.5, 0.6) is 5.75 Å².